The van der Waals surface area contributed by atoms with Crippen LogP contribution in [0.3, 0.4) is 0 Å². The predicted octanol–water partition coefficient (Wildman–Crippen LogP) is 3.59. The van der Waals surface area contributed by atoms with Crippen LogP contribution in [0.5, 0.6) is 0 Å². The molecule has 5 amide bonds. The highest BCUT2D eigenvalue weighted by Crippen LogP contribution is 2.31. The largest absolute Gasteiger partial charge is 0.391 e. The van der Waals surface area contributed by atoms with Crippen molar-refractivity contribution in [3.8, 4) is 10.4 Å². The summed E-state index contributed by atoms with van der Waals surface area (Å²) in [7, 11) is 0. The fraction of sp³-hybridized carbons (Fsp3) is 0.527. The Morgan fingerprint density at radius 2 is 1.58 bits per heavy atom. The van der Waals surface area contributed by atoms with Crippen molar-refractivity contribution in [2.75, 3.05) is 96.9 Å². The zero-order chi connectivity index (χ0) is 55.4. The van der Waals surface area contributed by atoms with Gasteiger partial charge in [-0.25, -0.2) is 15.0 Å². The number of carbonyl (C=O) groups excluding carboxylic acids is 5. The molecule has 21 nitrogen and oxygen atoms in total. The number of rotatable bonds is 23. The molecule has 7 N–H and O–H groups in total. The average molecular weight is 1110 g/mol. The summed E-state index contributed by atoms with van der Waals surface area (Å²) in [4.78, 5) is 92.4. The average Bonchev–Trinajstić information content (AvgIpc) is 4.20. The molecule has 23 heteroatoms. The number of β-amino-alcohol motifs (C(OH)–C–C–N with tert-alkyl or cyclic N) is 1. The molecule has 3 aromatic heterocycles. The molecule has 0 aliphatic carbocycles. The number of hydrogen-bond donors (Lipinski definition) is 6. The van der Waals surface area contributed by atoms with Gasteiger partial charge < -0.3 is 60.7 Å². The number of thiazole rings is 1. The third-order valence-electron chi connectivity index (χ3n) is 14.7. The maximum absolute atomic E-state index is 14.0. The van der Waals surface area contributed by atoms with Crippen molar-refractivity contribution >= 4 is 69.3 Å². The topological polar surface area (TPSA) is 263 Å². The molecule has 3 aliphatic rings. The van der Waals surface area contributed by atoms with E-state index in [9.17, 15) is 29.1 Å². The number of H-pyrrole nitrogens is 1. The molecule has 0 spiro atoms. The van der Waals surface area contributed by atoms with Crippen molar-refractivity contribution in [3.05, 3.63) is 94.5 Å². The van der Waals surface area contributed by atoms with Crippen molar-refractivity contribution in [3.63, 3.8) is 0 Å². The summed E-state index contributed by atoms with van der Waals surface area (Å²) < 4.78 is 16.8. The summed E-state index contributed by atoms with van der Waals surface area (Å²) in [6.07, 6.45) is 4.13. The molecule has 3 aliphatic heterocycles. The molecular weight excluding hydrogens is 1040 g/mol. The molecule has 78 heavy (non-hydrogen) atoms. The van der Waals surface area contributed by atoms with Gasteiger partial charge in [0.15, 0.2) is 0 Å². The number of amides is 5. The van der Waals surface area contributed by atoms with Crippen LogP contribution in [-0.2, 0) is 44.7 Å². The normalized spacial score (nSPS) is 18.7. The van der Waals surface area contributed by atoms with Gasteiger partial charge in [-0.05, 0) is 66.5 Å². The van der Waals surface area contributed by atoms with Gasteiger partial charge in [-0.15, -0.1) is 11.3 Å². The lowest BCUT2D eigenvalue weighted by atomic mass is 9.85. The highest BCUT2D eigenvalue weighted by Gasteiger charge is 2.45. The van der Waals surface area contributed by atoms with E-state index in [4.69, 9.17) is 31.5 Å². The van der Waals surface area contributed by atoms with E-state index in [2.05, 4.69) is 45.7 Å². The number of carbonyl (C=O) groups is 5. The minimum absolute atomic E-state index is 0.0352. The summed E-state index contributed by atoms with van der Waals surface area (Å²) in [5.74, 6) is -0.841. The molecule has 2 aromatic carbocycles. The number of piperazine rings is 1. The van der Waals surface area contributed by atoms with Crippen LogP contribution in [0.4, 0.5) is 5.82 Å². The zero-order valence-corrected chi connectivity index (χ0v) is 46.5. The van der Waals surface area contributed by atoms with Crippen LogP contribution >= 0.6 is 22.9 Å². The van der Waals surface area contributed by atoms with Gasteiger partial charge in [0.25, 0.3) is 0 Å². The highest BCUT2D eigenvalue weighted by molar-refractivity contribution is 7.13. The molecule has 5 aromatic rings. The van der Waals surface area contributed by atoms with Crippen molar-refractivity contribution in [1.82, 2.24) is 50.6 Å². The van der Waals surface area contributed by atoms with Gasteiger partial charge >= 0.3 is 0 Å². The van der Waals surface area contributed by atoms with E-state index in [1.165, 1.54) is 11.2 Å². The second-order valence-corrected chi connectivity index (χ2v) is 22.6. The third kappa shape index (κ3) is 15.2. The molecule has 1 unspecified atom stereocenters. The second-order valence-electron chi connectivity index (χ2n) is 21.3. The predicted molar refractivity (Wildman–Crippen MR) is 296 cm³/mol. The van der Waals surface area contributed by atoms with E-state index in [0.717, 1.165) is 44.1 Å². The lowest BCUT2D eigenvalue weighted by Crippen LogP contribution is -2.60. The van der Waals surface area contributed by atoms with Gasteiger partial charge in [0, 0.05) is 76.5 Å². The van der Waals surface area contributed by atoms with E-state index in [0.29, 0.717) is 70.1 Å². The summed E-state index contributed by atoms with van der Waals surface area (Å²) in [5.41, 5.74) is 11.4. The third-order valence-corrected chi connectivity index (χ3v) is 15.9. The Morgan fingerprint density at radius 1 is 0.885 bits per heavy atom. The molecule has 0 saturated carbocycles. The number of nitrogens with zero attached hydrogens (tertiary/aromatic N) is 7. The summed E-state index contributed by atoms with van der Waals surface area (Å²) in [5, 5.41) is 21.1. The molecular formula is C55H73ClN12O9S. The number of aliphatic hydroxyl groups is 1. The monoisotopic (exact) mass is 1110 g/mol. The van der Waals surface area contributed by atoms with Crippen LogP contribution in [0, 0.1) is 12.3 Å². The maximum Gasteiger partial charge on any atom is 0.248 e. The van der Waals surface area contributed by atoms with E-state index >= 15 is 0 Å². The Kier molecular flexibility index (Phi) is 19.9. The van der Waals surface area contributed by atoms with E-state index in [1.54, 1.807) is 21.7 Å². The lowest BCUT2D eigenvalue weighted by molar-refractivity contribution is -0.144. The number of likely N-dealkylation sites (tertiary alicyclic amines) is 1. The molecule has 0 radical (unpaired) electrons. The van der Waals surface area contributed by atoms with Crippen LogP contribution in [0.2, 0.25) is 5.02 Å². The molecule has 6 heterocycles. The summed E-state index contributed by atoms with van der Waals surface area (Å²) in [6, 6.07) is 15.1. The number of aryl methyl sites for hydroxylation is 1. The molecule has 3 saturated heterocycles. The van der Waals surface area contributed by atoms with Crippen LogP contribution in [0.15, 0.2) is 72.6 Å². The number of halogens is 1. The van der Waals surface area contributed by atoms with Crippen molar-refractivity contribution in [1.29, 1.82) is 0 Å². The number of hydrogen-bond acceptors (Lipinski definition) is 16. The quantitative estimate of drug-likeness (QED) is 0.0511. The number of benzene rings is 2. The minimum atomic E-state index is -1.04. The van der Waals surface area contributed by atoms with Crippen molar-refractivity contribution < 1.29 is 43.3 Å². The standard InChI is InChI=1S/C55H73ClN12O9S/c1-36-47(78-35-62-36)39-7-5-37(6-8-39)30-59-51(72)44-29-41(69)31-68(44)52(73)48(54(2,3)4)64-45(70)32-76-27-25-75-26-28-77-33-46(71)66-23-21-65(22-24-66)18-14-43(38-9-11-40(56)12-10-38)63-53(74)55(57)15-19-67(20-16-55)50-42-13-17-58-49(42)60-34-61-50/h5-13,17,34-35,41,43-44,48,69H,14-16,18-33,57H2,1-4H3,(H,59,72)(H,63,74)(H,64,70)(H,58,60,61)/t41-,43+,44?,48-/m1/s1. The Bertz CT molecular complexity index is 2810. The summed E-state index contributed by atoms with van der Waals surface area (Å²) >= 11 is 7.80. The first kappa shape index (κ1) is 58.0. The Morgan fingerprint density at radius 3 is 2.26 bits per heavy atom. The zero-order valence-electron chi connectivity index (χ0n) is 44.9. The Labute approximate surface area is 463 Å². The fourth-order valence-electron chi connectivity index (χ4n) is 10.0. The van der Waals surface area contributed by atoms with Gasteiger partial charge in [0.1, 0.15) is 43.1 Å². The maximum atomic E-state index is 14.0. The SMILES string of the molecule is Cc1ncsc1-c1ccc(CNC(=O)C2C[C@@H](O)CN2C(=O)[C@@H](NC(=O)COCCOCCOCC(=O)N2CCN(CC[C@H](NC(=O)C3(N)CCN(c4ncnc5[nH]ccc45)CC3)c3ccc(Cl)cc3)CC2)C(C)(C)C)cc1. The first-order valence-electron chi connectivity index (χ1n) is 26.6. The molecule has 3 fully saturated rings. The van der Waals surface area contributed by atoms with E-state index in [-0.39, 0.29) is 82.9 Å². The number of fused-ring (bicyclic) bond motifs is 1. The van der Waals surface area contributed by atoms with Gasteiger partial charge in [0.2, 0.25) is 29.5 Å². The first-order chi connectivity index (χ1) is 37.5. The number of aliphatic hydroxyl groups excluding tert-OH is 1. The minimum Gasteiger partial charge on any atom is -0.391 e. The highest BCUT2D eigenvalue weighted by atomic mass is 35.5. The van der Waals surface area contributed by atoms with Gasteiger partial charge in [-0.2, -0.15) is 0 Å². The molecule has 0 bridgehead atoms. The first-order valence-corrected chi connectivity index (χ1v) is 27.9. The number of piperidine rings is 1. The van der Waals surface area contributed by atoms with E-state index in [1.807, 2.05) is 88.5 Å². The second kappa shape index (κ2) is 26.7. The van der Waals surface area contributed by atoms with Crippen LogP contribution < -0.4 is 26.6 Å². The Balaban J connectivity index is 0.690. The smallest absolute Gasteiger partial charge is 0.248 e. The number of aromatic amines is 1. The van der Waals surface area contributed by atoms with Crippen molar-refractivity contribution in [2.45, 2.75) is 89.7 Å². The van der Waals surface area contributed by atoms with Crippen LogP contribution in [-0.4, -0.2) is 185 Å². The molecule has 420 valence electrons. The number of anilines is 1. The Hall–Kier alpha value is -6.11. The van der Waals surface area contributed by atoms with E-state index < -0.39 is 41.0 Å². The number of ether oxygens (including phenoxy) is 3. The van der Waals surface area contributed by atoms with Gasteiger partial charge in [0.05, 0.1) is 65.6 Å². The van der Waals surface area contributed by atoms with Gasteiger partial charge in [-0.3, -0.25) is 28.9 Å². The number of nitrogens with two attached hydrogens (primary N) is 1. The fourth-order valence-corrected chi connectivity index (χ4v) is 11.0. The number of aromatic nitrogens is 4. The number of nitrogens with one attached hydrogen (secondary N) is 4. The molecule has 4 atom stereocenters. The van der Waals surface area contributed by atoms with Crippen molar-refractivity contribution in [2.24, 2.45) is 11.1 Å². The van der Waals surface area contributed by atoms with Crippen LogP contribution in [0.25, 0.3) is 21.5 Å². The summed E-state index contributed by atoms with van der Waals surface area (Å²) in [6.45, 7) is 12.1. The lowest BCUT2D eigenvalue weighted by Gasteiger charge is -2.39. The molecule has 8 rings (SSSR count). The van der Waals surface area contributed by atoms with Crippen LogP contribution in [0.1, 0.15) is 69.3 Å². The van der Waals surface area contributed by atoms with Gasteiger partial charge in [-0.1, -0.05) is 68.8 Å².